The molecule has 1 amide bonds. The third-order valence-corrected chi connectivity index (χ3v) is 4.25. The predicted molar refractivity (Wildman–Crippen MR) is 58.9 cm³/mol. The lowest BCUT2D eigenvalue weighted by molar-refractivity contribution is -0.141. The first kappa shape index (κ1) is 11.4. The van der Waals surface area contributed by atoms with Gasteiger partial charge in [-0.15, -0.1) is 0 Å². The Bertz CT molecular complexity index is 304. The second kappa shape index (κ2) is 4.07. The van der Waals surface area contributed by atoms with Crippen molar-refractivity contribution >= 4 is 11.9 Å². The van der Waals surface area contributed by atoms with Gasteiger partial charge in [0.2, 0.25) is 5.91 Å². The summed E-state index contributed by atoms with van der Waals surface area (Å²) >= 11 is 0. The van der Waals surface area contributed by atoms with Crippen molar-refractivity contribution in [3.8, 4) is 0 Å². The number of amides is 1. The fraction of sp³-hybridized carbons (Fsp3) is 0.833. The van der Waals surface area contributed by atoms with Crippen LogP contribution >= 0.6 is 0 Å². The van der Waals surface area contributed by atoms with Gasteiger partial charge in [-0.05, 0) is 24.7 Å². The minimum absolute atomic E-state index is 0.0205. The highest BCUT2D eigenvalue weighted by Gasteiger charge is 2.42. The Kier molecular flexibility index (Phi) is 2.91. The quantitative estimate of drug-likeness (QED) is 0.788. The van der Waals surface area contributed by atoms with Crippen molar-refractivity contribution in [2.24, 2.45) is 11.3 Å². The molecule has 2 rings (SSSR count). The topological polar surface area (TPSA) is 57.6 Å². The molecule has 0 spiro atoms. The van der Waals surface area contributed by atoms with Crippen molar-refractivity contribution in [3.63, 3.8) is 0 Å². The number of nitrogens with zero attached hydrogens (tertiary/aromatic N) is 1. The van der Waals surface area contributed by atoms with E-state index in [-0.39, 0.29) is 12.3 Å². The van der Waals surface area contributed by atoms with E-state index in [2.05, 4.69) is 6.92 Å². The minimum Gasteiger partial charge on any atom is -0.481 e. The van der Waals surface area contributed by atoms with E-state index in [4.69, 9.17) is 5.11 Å². The Labute approximate surface area is 95.6 Å². The SMILES string of the molecule is CCC1(CN2CC(C(=O)O)CC2=O)CCC1. The Morgan fingerprint density at radius 2 is 2.25 bits per heavy atom. The zero-order valence-corrected chi connectivity index (χ0v) is 9.74. The van der Waals surface area contributed by atoms with Crippen molar-refractivity contribution < 1.29 is 14.7 Å². The Balaban J connectivity index is 1.95. The van der Waals surface area contributed by atoms with Gasteiger partial charge in [-0.1, -0.05) is 13.3 Å². The number of hydrogen-bond donors (Lipinski definition) is 1. The molecule has 4 heteroatoms. The van der Waals surface area contributed by atoms with Gasteiger partial charge in [0, 0.05) is 19.5 Å². The molecule has 90 valence electrons. The van der Waals surface area contributed by atoms with Crippen molar-refractivity contribution in [2.45, 2.75) is 39.0 Å². The normalized spacial score (nSPS) is 27.9. The van der Waals surface area contributed by atoms with E-state index in [1.54, 1.807) is 4.90 Å². The van der Waals surface area contributed by atoms with Gasteiger partial charge in [-0.3, -0.25) is 9.59 Å². The third-order valence-electron chi connectivity index (χ3n) is 4.25. The van der Waals surface area contributed by atoms with Crippen LogP contribution in [0.1, 0.15) is 39.0 Å². The van der Waals surface area contributed by atoms with E-state index in [1.807, 2.05) is 0 Å². The fourth-order valence-corrected chi connectivity index (χ4v) is 2.80. The van der Waals surface area contributed by atoms with E-state index in [0.29, 0.717) is 12.0 Å². The molecule has 0 aromatic heterocycles. The number of hydrogen-bond acceptors (Lipinski definition) is 2. The average Bonchev–Trinajstić information content (AvgIpc) is 2.54. The molecular formula is C12H19NO3. The molecule has 0 bridgehead atoms. The van der Waals surface area contributed by atoms with E-state index in [9.17, 15) is 9.59 Å². The molecule has 1 unspecified atom stereocenters. The maximum Gasteiger partial charge on any atom is 0.308 e. The largest absolute Gasteiger partial charge is 0.481 e. The fourth-order valence-electron chi connectivity index (χ4n) is 2.80. The first-order valence-corrected chi connectivity index (χ1v) is 6.07. The number of likely N-dealkylation sites (tertiary alicyclic amines) is 1. The summed E-state index contributed by atoms with van der Waals surface area (Å²) in [6.07, 6.45) is 4.90. The van der Waals surface area contributed by atoms with Crippen molar-refractivity contribution in [1.82, 2.24) is 4.90 Å². The Hall–Kier alpha value is -1.06. The van der Waals surface area contributed by atoms with E-state index in [1.165, 1.54) is 19.3 Å². The summed E-state index contributed by atoms with van der Waals surface area (Å²) in [6.45, 7) is 3.34. The molecule has 1 atom stereocenters. The van der Waals surface area contributed by atoms with Crippen LogP contribution in [0.15, 0.2) is 0 Å². The number of carboxylic acid groups (broad SMARTS) is 1. The van der Waals surface area contributed by atoms with Crippen LogP contribution in [0.5, 0.6) is 0 Å². The molecular weight excluding hydrogens is 206 g/mol. The monoisotopic (exact) mass is 225 g/mol. The molecule has 4 nitrogen and oxygen atoms in total. The maximum atomic E-state index is 11.7. The molecule has 2 aliphatic rings. The predicted octanol–water partition coefficient (Wildman–Crippen LogP) is 1.50. The van der Waals surface area contributed by atoms with Crippen LogP contribution in [-0.4, -0.2) is 35.0 Å². The summed E-state index contributed by atoms with van der Waals surface area (Å²) in [5.74, 6) is -1.30. The maximum absolute atomic E-state index is 11.7. The smallest absolute Gasteiger partial charge is 0.308 e. The lowest BCUT2D eigenvalue weighted by Crippen LogP contribution is -2.42. The molecule has 0 aromatic carbocycles. The summed E-state index contributed by atoms with van der Waals surface area (Å²) in [7, 11) is 0. The van der Waals surface area contributed by atoms with Gasteiger partial charge in [-0.2, -0.15) is 0 Å². The van der Waals surface area contributed by atoms with Crippen LogP contribution in [0.4, 0.5) is 0 Å². The lowest BCUT2D eigenvalue weighted by Gasteiger charge is -2.43. The second-order valence-corrected chi connectivity index (χ2v) is 5.22. The van der Waals surface area contributed by atoms with E-state index in [0.717, 1.165) is 13.0 Å². The van der Waals surface area contributed by atoms with E-state index >= 15 is 0 Å². The number of carboxylic acids is 1. The molecule has 1 N–H and O–H groups in total. The molecule has 1 heterocycles. The first-order valence-electron chi connectivity index (χ1n) is 6.07. The van der Waals surface area contributed by atoms with Gasteiger partial charge < -0.3 is 10.0 Å². The molecule has 1 aliphatic carbocycles. The molecule has 0 radical (unpaired) electrons. The second-order valence-electron chi connectivity index (χ2n) is 5.22. The summed E-state index contributed by atoms with van der Waals surface area (Å²) in [6, 6.07) is 0. The van der Waals surface area contributed by atoms with Gasteiger partial charge >= 0.3 is 5.97 Å². The first-order chi connectivity index (χ1) is 7.56. The highest BCUT2D eigenvalue weighted by atomic mass is 16.4. The molecule has 0 aromatic rings. The number of rotatable bonds is 4. The standard InChI is InChI=1S/C12H19NO3/c1-2-12(4-3-5-12)8-13-7-9(11(15)16)6-10(13)14/h9H,2-8H2,1H3,(H,15,16). The zero-order chi connectivity index (χ0) is 11.8. The summed E-state index contributed by atoms with van der Waals surface area (Å²) in [5, 5.41) is 8.90. The van der Waals surface area contributed by atoms with Crippen LogP contribution in [0.3, 0.4) is 0 Å². The highest BCUT2D eigenvalue weighted by molar-refractivity contribution is 5.86. The van der Waals surface area contributed by atoms with Gasteiger partial charge in [0.1, 0.15) is 0 Å². The number of aliphatic carboxylic acids is 1. The molecule has 1 aliphatic heterocycles. The van der Waals surface area contributed by atoms with Crippen LogP contribution in [0, 0.1) is 11.3 Å². The Morgan fingerprint density at radius 1 is 1.56 bits per heavy atom. The Morgan fingerprint density at radius 3 is 2.62 bits per heavy atom. The summed E-state index contributed by atoms with van der Waals surface area (Å²) in [4.78, 5) is 24.3. The van der Waals surface area contributed by atoms with Crippen molar-refractivity contribution in [1.29, 1.82) is 0 Å². The van der Waals surface area contributed by atoms with Crippen LogP contribution in [-0.2, 0) is 9.59 Å². The lowest BCUT2D eigenvalue weighted by atomic mass is 9.67. The average molecular weight is 225 g/mol. The van der Waals surface area contributed by atoms with Crippen molar-refractivity contribution in [2.75, 3.05) is 13.1 Å². The molecule has 16 heavy (non-hydrogen) atoms. The zero-order valence-electron chi connectivity index (χ0n) is 9.74. The van der Waals surface area contributed by atoms with Gasteiger partial charge in [-0.25, -0.2) is 0 Å². The minimum atomic E-state index is -0.838. The van der Waals surface area contributed by atoms with Crippen molar-refractivity contribution in [3.05, 3.63) is 0 Å². The molecule has 2 fully saturated rings. The van der Waals surface area contributed by atoms with E-state index < -0.39 is 11.9 Å². The number of carbonyl (C=O) groups excluding carboxylic acids is 1. The molecule has 1 saturated carbocycles. The highest BCUT2D eigenvalue weighted by Crippen LogP contribution is 2.45. The van der Waals surface area contributed by atoms with Gasteiger partial charge in [0.05, 0.1) is 5.92 Å². The van der Waals surface area contributed by atoms with Crippen LogP contribution < -0.4 is 0 Å². The summed E-state index contributed by atoms with van der Waals surface area (Å²) in [5.41, 5.74) is 0.295. The third kappa shape index (κ3) is 1.93. The van der Waals surface area contributed by atoms with Gasteiger partial charge in [0.25, 0.3) is 0 Å². The molecule has 1 saturated heterocycles. The van der Waals surface area contributed by atoms with Crippen LogP contribution in [0.2, 0.25) is 0 Å². The van der Waals surface area contributed by atoms with Gasteiger partial charge in [0.15, 0.2) is 0 Å². The number of carbonyl (C=O) groups is 2. The summed E-state index contributed by atoms with van der Waals surface area (Å²) < 4.78 is 0. The van der Waals surface area contributed by atoms with Crippen LogP contribution in [0.25, 0.3) is 0 Å².